The third-order valence-corrected chi connectivity index (χ3v) is 3.86. The van der Waals surface area contributed by atoms with Crippen LogP contribution in [0, 0.1) is 5.92 Å². The quantitative estimate of drug-likeness (QED) is 0.680. The average molecular weight is 359 g/mol. The van der Waals surface area contributed by atoms with Crippen molar-refractivity contribution in [1.29, 1.82) is 0 Å². The summed E-state index contributed by atoms with van der Waals surface area (Å²) in [4.78, 5) is 12.5. The van der Waals surface area contributed by atoms with Crippen molar-refractivity contribution in [2.75, 3.05) is 13.2 Å². The summed E-state index contributed by atoms with van der Waals surface area (Å²) in [5, 5.41) is 3.02. The van der Waals surface area contributed by atoms with Gasteiger partial charge in [0.25, 0.3) is 5.91 Å². The van der Waals surface area contributed by atoms with Crippen molar-refractivity contribution in [2.24, 2.45) is 5.92 Å². The molecule has 142 valence electrons. The van der Waals surface area contributed by atoms with E-state index in [0.717, 1.165) is 18.6 Å². The molecule has 2 rings (SSSR count). The Labute approximate surface area is 155 Å². The van der Waals surface area contributed by atoms with Crippen molar-refractivity contribution in [2.45, 2.75) is 46.6 Å². The second-order valence-electron chi connectivity index (χ2n) is 6.79. The predicted octanol–water partition coefficient (Wildman–Crippen LogP) is 4.46. The maximum atomic E-state index is 12.5. The van der Waals surface area contributed by atoms with Crippen LogP contribution in [0.25, 0.3) is 0 Å². The Hall–Kier alpha value is -2.43. The summed E-state index contributed by atoms with van der Waals surface area (Å²) in [6.07, 6.45) is 3.27. The predicted molar refractivity (Wildman–Crippen MR) is 102 cm³/mol. The van der Waals surface area contributed by atoms with Crippen molar-refractivity contribution in [3.8, 4) is 11.5 Å². The lowest BCUT2D eigenvalue weighted by Crippen LogP contribution is -2.32. The van der Waals surface area contributed by atoms with E-state index in [1.165, 1.54) is 0 Å². The van der Waals surface area contributed by atoms with Gasteiger partial charge in [0.1, 0.15) is 5.76 Å². The van der Waals surface area contributed by atoms with Gasteiger partial charge < -0.3 is 19.2 Å². The first-order chi connectivity index (χ1) is 12.5. The summed E-state index contributed by atoms with van der Waals surface area (Å²) in [5.74, 6) is 2.50. The lowest BCUT2D eigenvalue weighted by Gasteiger charge is -2.16. The first-order valence-electron chi connectivity index (χ1n) is 9.22. The zero-order valence-corrected chi connectivity index (χ0v) is 16.1. The second kappa shape index (κ2) is 9.90. The van der Waals surface area contributed by atoms with E-state index in [1.807, 2.05) is 26.0 Å². The molecule has 1 unspecified atom stereocenters. The number of furan rings is 1. The van der Waals surface area contributed by atoms with Gasteiger partial charge in [0.2, 0.25) is 0 Å². The van der Waals surface area contributed by atoms with Crippen molar-refractivity contribution in [3.05, 3.63) is 47.9 Å². The first-order valence-corrected chi connectivity index (χ1v) is 9.22. The van der Waals surface area contributed by atoms with E-state index < -0.39 is 0 Å². The molecule has 1 atom stereocenters. The van der Waals surface area contributed by atoms with Crippen molar-refractivity contribution in [1.82, 2.24) is 5.32 Å². The monoisotopic (exact) mass is 359 g/mol. The maximum Gasteiger partial charge on any atom is 0.251 e. The lowest BCUT2D eigenvalue weighted by atomic mass is 10.1. The van der Waals surface area contributed by atoms with E-state index in [-0.39, 0.29) is 11.9 Å². The fourth-order valence-corrected chi connectivity index (χ4v) is 2.49. The number of benzene rings is 1. The number of amides is 1. The van der Waals surface area contributed by atoms with Crippen LogP contribution in [0.4, 0.5) is 0 Å². The van der Waals surface area contributed by atoms with Gasteiger partial charge in [-0.15, -0.1) is 0 Å². The van der Waals surface area contributed by atoms with Gasteiger partial charge in [0, 0.05) is 18.0 Å². The molecular formula is C21H29NO4. The molecule has 1 N–H and O–H groups in total. The molecule has 0 bridgehead atoms. The van der Waals surface area contributed by atoms with Crippen LogP contribution in [0.1, 0.15) is 50.2 Å². The molecule has 0 saturated carbocycles. The van der Waals surface area contributed by atoms with Crippen LogP contribution in [0.2, 0.25) is 0 Å². The molecule has 2 aromatic rings. The van der Waals surface area contributed by atoms with Gasteiger partial charge in [-0.1, -0.05) is 13.8 Å². The minimum atomic E-state index is -0.117. The molecule has 0 radical (unpaired) electrons. The second-order valence-corrected chi connectivity index (χ2v) is 6.79. The van der Waals surface area contributed by atoms with Gasteiger partial charge in [0.15, 0.2) is 11.5 Å². The molecule has 0 fully saturated rings. The molecule has 0 aliphatic rings. The number of carbonyl (C=O) groups is 1. The molecule has 0 spiro atoms. The van der Waals surface area contributed by atoms with E-state index >= 15 is 0 Å². The molecule has 5 nitrogen and oxygen atoms in total. The molecular weight excluding hydrogens is 330 g/mol. The van der Waals surface area contributed by atoms with Crippen molar-refractivity contribution >= 4 is 5.91 Å². The van der Waals surface area contributed by atoms with Gasteiger partial charge in [0.05, 0.1) is 19.5 Å². The number of nitrogens with one attached hydrogen (secondary N) is 1. The number of ether oxygens (including phenoxy) is 2. The minimum Gasteiger partial charge on any atom is -0.490 e. The van der Waals surface area contributed by atoms with Gasteiger partial charge in [-0.25, -0.2) is 0 Å². The smallest absolute Gasteiger partial charge is 0.251 e. The summed E-state index contributed by atoms with van der Waals surface area (Å²) in [6.45, 7) is 9.21. The van der Waals surface area contributed by atoms with Crippen LogP contribution < -0.4 is 14.8 Å². The molecule has 1 aromatic carbocycles. The van der Waals surface area contributed by atoms with Crippen LogP contribution in [0.15, 0.2) is 41.0 Å². The van der Waals surface area contributed by atoms with E-state index in [4.69, 9.17) is 13.9 Å². The van der Waals surface area contributed by atoms with E-state index in [1.54, 1.807) is 24.5 Å². The van der Waals surface area contributed by atoms with Crippen LogP contribution in [-0.2, 0) is 6.42 Å². The zero-order valence-electron chi connectivity index (χ0n) is 16.1. The Morgan fingerprint density at radius 3 is 2.62 bits per heavy atom. The molecule has 5 heteroatoms. The van der Waals surface area contributed by atoms with Crippen molar-refractivity contribution in [3.63, 3.8) is 0 Å². The third-order valence-electron chi connectivity index (χ3n) is 3.86. The van der Waals surface area contributed by atoms with Crippen LogP contribution in [-0.4, -0.2) is 25.2 Å². The summed E-state index contributed by atoms with van der Waals surface area (Å²) < 4.78 is 16.7. The van der Waals surface area contributed by atoms with Gasteiger partial charge in [-0.3, -0.25) is 4.79 Å². The summed E-state index contributed by atoms with van der Waals surface area (Å²) in [7, 11) is 0. The highest BCUT2D eigenvalue weighted by molar-refractivity contribution is 5.95. The Bertz CT molecular complexity index is 679. The first kappa shape index (κ1) is 19.9. The highest BCUT2D eigenvalue weighted by Crippen LogP contribution is 2.29. The van der Waals surface area contributed by atoms with E-state index in [9.17, 15) is 4.79 Å². The lowest BCUT2D eigenvalue weighted by molar-refractivity contribution is 0.0937. The Kier molecular flexibility index (Phi) is 7.57. The Balaban J connectivity index is 1.97. The van der Waals surface area contributed by atoms with Gasteiger partial charge in [-0.05, 0) is 56.5 Å². The maximum absolute atomic E-state index is 12.5. The van der Waals surface area contributed by atoms with Crippen LogP contribution in [0.5, 0.6) is 11.5 Å². The zero-order chi connectivity index (χ0) is 18.9. The third kappa shape index (κ3) is 6.14. The minimum absolute atomic E-state index is 0.0417. The Morgan fingerprint density at radius 2 is 1.96 bits per heavy atom. The molecule has 26 heavy (non-hydrogen) atoms. The average Bonchev–Trinajstić information content (AvgIpc) is 3.12. The molecule has 0 aliphatic carbocycles. The number of carbonyl (C=O) groups excluding carboxylic acids is 1. The number of aryl methyl sites for hydroxylation is 1. The number of rotatable bonds is 10. The fourth-order valence-electron chi connectivity index (χ4n) is 2.49. The van der Waals surface area contributed by atoms with Crippen LogP contribution >= 0.6 is 0 Å². The number of hydrogen-bond donors (Lipinski definition) is 1. The highest BCUT2D eigenvalue weighted by atomic mass is 16.5. The van der Waals surface area contributed by atoms with E-state index in [0.29, 0.717) is 36.2 Å². The largest absolute Gasteiger partial charge is 0.490 e. The van der Waals surface area contributed by atoms with E-state index in [2.05, 4.69) is 19.2 Å². The fraction of sp³-hybridized carbons (Fsp3) is 0.476. The topological polar surface area (TPSA) is 60.7 Å². The molecule has 1 amide bonds. The Morgan fingerprint density at radius 1 is 1.15 bits per heavy atom. The number of hydrogen-bond acceptors (Lipinski definition) is 4. The summed E-state index contributed by atoms with van der Waals surface area (Å²) in [6, 6.07) is 9.17. The van der Waals surface area contributed by atoms with Gasteiger partial charge >= 0.3 is 0 Å². The van der Waals surface area contributed by atoms with Crippen LogP contribution in [0.3, 0.4) is 0 Å². The van der Waals surface area contributed by atoms with Crippen molar-refractivity contribution < 1.29 is 18.7 Å². The van der Waals surface area contributed by atoms with Gasteiger partial charge in [-0.2, -0.15) is 0 Å². The normalized spacial score (nSPS) is 12.0. The standard InChI is InChI=1S/C21H29NO4/c1-5-24-20-13-17(9-11-19(20)26-14-15(2)3)21(23)22-16(4)8-10-18-7-6-12-25-18/h6-7,9,11-13,15-16H,5,8,10,14H2,1-4H3,(H,22,23). The summed E-state index contributed by atoms with van der Waals surface area (Å²) in [5.41, 5.74) is 0.565. The molecule has 1 aromatic heterocycles. The highest BCUT2D eigenvalue weighted by Gasteiger charge is 2.14. The molecule has 0 aliphatic heterocycles. The molecule has 1 heterocycles. The summed E-state index contributed by atoms with van der Waals surface area (Å²) >= 11 is 0. The SMILES string of the molecule is CCOc1cc(C(=O)NC(C)CCc2ccco2)ccc1OCC(C)C. The molecule has 0 saturated heterocycles.